The number of hydrogen-bond donors (Lipinski definition) is 2. The lowest BCUT2D eigenvalue weighted by atomic mass is 9.84. The predicted octanol–water partition coefficient (Wildman–Crippen LogP) is 1.98. The Bertz CT molecular complexity index is 612. The molecule has 5 heteroatoms. The maximum atomic E-state index is 12.1. The maximum absolute atomic E-state index is 12.1. The molecule has 1 aromatic rings. The lowest BCUT2D eigenvalue weighted by Crippen LogP contribution is -2.47. The second-order valence-electron chi connectivity index (χ2n) is 6.62. The average Bonchev–Trinajstić information content (AvgIpc) is 3.05. The van der Waals surface area contributed by atoms with Crippen LogP contribution in [0.4, 0.5) is 5.69 Å². The van der Waals surface area contributed by atoms with Gasteiger partial charge in [-0.1, -0.05) is 30.7 Å². The van der Waals surface area contributed by atoms with Gasteiger partial charge in [-0.05, 0) is 37.5 Å². The molecule has 128 valence electrons. The van der Waals surface area contributed by atoms with Crippen LogP contribution in [0.5, 0.6) is 0 Å². The minimum atomic E-state index is -0.493. The number of amides is 2. The van der Waals surface area contributed by atoms with Crippen molar-refractivity contribution in [1.82, 2.24) is 10.6 Å². The summed E-state index contributed by atoms with van der Waals surface area (Å²) < 4.78 is 0. The van der Waals surface area contributed by atoms with Crippen LogP contribution in [0, 0.1) is 5.92 Å². The monoisotopic (exact) mass is 327 g/mol. The summed E-state index contributed by atoms with van der Waals surface area (Å²) in [4.78, 5) is 26.3. The zero-order valence-electron chi connectivity index (χ0n) is 14.1. The van der Waals surface area contributed by atoms with Crippen LogP contribution in [0.1, 0.15) is 31.7 Å². The van der Waals surface area contributed by atoms with E-state index in [2.05, 4.69) is 39.8 Å². The summed E-state index contributed by atoms with van der Waals surface area (Å²) in [6.45, 7) is 4.11. The fourth-order valence-corrected chi connectivity index (χ4v) is 2.92. The maximum Gasteiger partial charge on any atom is 0.242 e. The van der Waals surface area contributed by atoms with Gasteiger partial charge >= 0.3 is 0 Å². The molecule has 0 bridgehead atoms. The highest BCUT2D eigenvalue weighted by atomic mass is 16.2. The summed E-state index contributed by atoms with van der Waals surface area (Å²) in [5.41, 5.74) is 2.24. The molecule has 0 saturated heterocycles. The standard InChI is InChI=1S/C19H25N3O2/c1-14(21-19(24)16-5-4-6-16)18(23)20-13-15-7-9-17(10-8-15)22-11-2-3-12-22/h2-3,7-10,14,16H,4-6,11-13H2,1H3,(H,20,23)(H,21,24)/t14-/m0/s1. The molecule has 1 aromatic carbocycles. The number of nitrogens with one attached hydrogen (secondary N) is 2. The van der Waals surface area contributed by atoms with E-state index in [0.717, 1.165) is 37.9 Å². The Balaban J connectivity index is 1.44. The van der Waals surface area contributed by atoms with Crippen molar-refractivity contribution in [1.29, 1.82) is 0 Å². The van der Waals surface area contributed by atoms with Crippen LogP contribution >= 0.6 is 0 Å². The third-order valence-electron chi connectivity index (χ3n) is 4.81. The van der Waals surface area contributed by atoms with Crippen molar-refractivity contribution < 1.29 is 9.59 Å². The molecule has 1 fully saturated rings. The first kappa shape index (κ1) is 16.6. The molecule has 5 nitrogen and oxygen atoms in total. The number of carbonyl (C=O) groups excluding carboxylic acids is 2. The van der Waals surface area contributed by atoms with Crippen LogP contribution in [0.3, 0.4) is 0 Å². The van der Waals surface area contributed by atoms with E-state index in [1.54, 1.807) is 6.92 Å². The molecule has 0 radical (unpaired) electrons. The number of carbonyl (C=O) groups is 2. The van der Waals surface area contributed by atoms with E-state index in [4.69, 9.17) is 0 Å². The van der Waals surface area contributed by atoms with Gasteiger partial charge in [0.15, 0.2) is 0 Å². The summed E-state index contributed by atoms with van der Waals surface area (Å²) in [5.74, 6) is -0.0316. The molecule has 1 aliphatic carbocycles. The van der Waals surface area contributed by atoms with E-state index in [1.165, 1.54) is 5.69 Å². The molecule has 2 N–H and O–H groups in total. The fraction of sp³-hybridized carbons (Fsp3) is 0.474. The molecule has 1 heterocycles. The van der Waals surface area contributed by atoms with E-state index >= 15 is 0 Å². The lowest BCUT2D eigenvalue weighted by Gasteiger charge is -2.25. The molecular formula is C19H25N3O2. The van der Waals surface area contributed by atoms with E-state index in [9.17, 15) is 9.59 Å². The normalized spacial score (nSPS) is 18.1. The van der Waals surface area contributed by atoms with Gasteiger partial charge in [-0.25, -0.2) is 0 Å². The Hall–Kier alpha value is -2.30. The van der Waals surface area contributed by atoms with Gasteiger partial charge in [0.1, 0.15) is 6.04 Å². The smallest absolute Gasteiger partial charge is 0.242 e. The topological polar surface area (TPSA) is 61.4 Å². The third kappa shape index (κ3) is 3.96. The zero-order chi connectivity index (χ0) is 16.9. The van der Waals surface area contributed by atoms with Gasteiger partial charge < -0.3 is 15.5 Å². The van der Waals surface area contributed by atoms with Gasteiger partial charge in [0.05, 0.1) is 0 Å². The number of nitrogens with zero attached hydrogens (tertiary/aromatic N) is 1. The average molecular weight is 327 g/mol. The minimum absolute atomic E-state index is 0.00692. The van der Waals surface area contributed by atoms with Crippen molar-refractivity contribution in [2.24, 2.45) is 5.92 Å². The largest absolute Gasteiger partial charge is 0.364 e. The summed E-state index contributed by atoms with van der Waals surface area (Å²) in [5, 5.41) is 5.69. The molecule has 2 amide bonds. The third-order valence-corrected chi connectivity index (χ3v) is 4.81. The van der Waals surface area contributed by atoms with Gasteiger partial charge in [0, 0.05) is 31.2 Å². The van der Waals surface area contributed by atoms with E-state index in [1.807, 2.05) is 12.1 Å². The highest BCUT2D eigenvalue weighted by molar-refractivity contribution is 5.88. The van der Waals surface area contributed by atoms with Gasteiger partial charge in [0.25, 0.3) is 0 Å². The molecule has 0 spiro atoms. The number of anilines is 1. The minimum Gasteiger partial charge on any atom is -0.364 e. The Kier molecular flexibility index (Phi) is 5.18. The van der Waals surface area contributed by atoms with E-state index in [0.29, 0.717) is 6.54 Å². The Morgan fingerprint density at radius 2 is 1.83 bits per heavy atom. The summed E-state index contributed by atoms with van der Waals surface area (Å²) in [6.07, 6.45) is 7.32. The highest BCUT2D eigenvalue weighted by Crippen LogP contribution is 2.26. The van der Waals surface area contributed by atoms with Crippen LogP contribution in [-0.4, -0.2) is 30.9 Å². The molecule has 1 aliphatic heterocycles. The van der Waals surface area contributed by atoms with Crippen molar-refractivity contribution in [3.63, 3.8) is 0 Å². The van der Waals surface area contributed by atoms with Crippen molar-refractivity contribution in [2.75, 3.05) is 18.0 Å². The Labute approximate surface area is 143 Å². The van der Waals surface area contributed by atoms with Crippen LogP contribution in [0.15, 0.2) is 36.4 Å². The van der Waals surface area contributed by atoms with Crippen LogP contribution < -0.4 is 15.5 Å². The molecule has 2 aliphatic rings. The van der Waals surface area contributed by atoms with E-state index in [-0.39, 0.29) is 17.7 Å². The first-order valence-electron chi connectivity index (χ1n) is 8.70. The highest BCUT2D eigenvalue weighted by Gasteiger charge is 2.27. The first-order valence-corrected chi connectivity index (χ1v) is 8.70. The zero-order valence-corrected chi connectivity index (χ0v) is 14.1. The van der Waals surface area contributed by atoms with Crippen molar-refractivity contribution in [2.45, 2.75) is 38.8 Å². The predicted molar refractivity (Wildman–Crippen MR) is 94.6 cm³/mol. The van der Waals surface area contributed by atoms with E-state index < -0.39 is 6.04 Å². The summed E-state index contributed by atoms with van der Waals surface area (Å²) in [6, 6.07) is 7.73. The molecule has 24 heavy (non-hydrogen) atoms. The summed E-state index contributed by atoms with van der Waals surface area (Å²) in [7, 11) is 0. The molecule has 3 rings (SSSR count). The number of rotatable bonds is 6. The van der Waals surface area contributed by atoms with Crippen molar-refractivity contribution in [3.8, 4) is 0 Å². The van der Waals surface area contributed by atoms with Crippen LogP contribution in [0.25, 0.3) is 0 Å². The van der Waals surface area contributed by atoms with Gasteiger partial charge in [0.2, 0.25) is 11.8 Å². The van der Waals surface area contributed by atoms with Gasteiger partial charge in [-0.2, -0.15) is 0 Å². The van der Waals surface area contributed by atoms with Crippen LogP contribution in [0.2, 0.25) is 0 Å². The van der Waals surface area contributed by atoms with Crippen molar-refractivity contribution >= 4 is 17.5 Å². The Morgan fingerprint density at radius 1 is 1.17 bits per heavy atom. The first-order chi connectivity index (χ1) is 11.6. The van der Waals surface area contributed by atoms with Gasteiger partial charge in [-0.15, -0.1) is 0 Å². The fourth-order valence-electron chi connectivity index (χ4n) is 2.92. The quantitative estimate of drug-likeness (QED) is 0.786. The molecule has 1 atom stereocenters. The second-order valence-corrected chi connectivity index (χ2v) is 6.62. The molecule has 0 aromatic heterocycles. The van der Waals surface area contributed by atoms with Crippen molar-refractivity contribution in [3.05, 3.63) is 42.0 Å². The molecular weight excluding hydrogens is 302 g/mol. The Morgan fingerprint density at radius 3 is 2.42 bits per heavy atom. The second kappa shape index (κ2) is 7.51. The molecule has 1 saturated carbocycles. The summed E-state index contributed by atoms with van der Waals surface area (Å²) >= 11 is 0. The SMILES string of the molecule is C[C@H](NC(=O)C1CCC1)C(=O)NCc1ccc(N2CC=CC2)cc1. The number of hydrogen-bond acceptors (Lipinski definition) is 3. The van der Waals surface area contributed by atoms with Crippen LogP contribution in [-0.2, 0) is 16.1 Å². The number of benzene rings is 1. The van der Waals surface area contributed by atoms with Gasteiger partial charge in [-0.3, -0.25) is 9.59 Å². The lowest BCUT2D eigenvalue weighted by molar-refractivity contribution is -0.132. The molecule has 0 unspecified atom stereocenters.